The van der Waals surface area contributed by atoms with Gasteiger partial charge in [-0.25, -0.2) is 0 Å². The van der Waals surface area contributed by atoms with E-state index < -0.39 is 0 Å². The predicted molar refractivity (Wildman–Crippen MR) is 77.9 cm³/mol. The summed E-state index contributed by atoms with van der Waals surface area (Å²) in [7, 11) is 0. The first-order chi connectivity index (χ1) is 9.81. The zero-order valence-corrected chi connectivity index (χ0v) is 11.6. The molecule has 0 atom stereocenters. The second-order valence-electron chi connectivity index (χ2n) is 4.04. The Balaban J connectivity index is 1.90. The minimum Gasteiger partial charge on any atom is -0.465 e. The van der Waals surface area contributed by atoms with Gasteiger partial charge in [-0.05, 0) is 23.6 Å². The number of furan rings is 1. The van der Waals surface area contributed by atoms with Crippen LogP contribution in [-0.2, 0) is 0 Å². The standard InChI is InChI=1S/C13H7N3O2S2/c17-12-10(7-8-3-1-5-18-8)20-13-14-11(15-16(12)13)9-4-2-6-19-9/h1-7H/b10-7+. The summed E-state index contributed by atoms with van der Waals surface area (Å²) in [5, 5.41) is 6.22. The number of aromatic nitrogens is 3. The molecule has 0 saturated heterocycles. The SMILES string of the molecule is O=c1/c(=C\c2ccco2)sc2nc(-c3cccs3)nn12. The molecule has 4 aromatic rings. The van der Waals surface area contributed by atoms with Crippen molar-refractivity contribution in [2.24, 2.45) is 0 Å². The Bertz CT molecular complexity index is 965. The lowest BCUT2D eigenvalue weighted by atomic mass is 10.4. The summed E-state index contributed by atoms with van der Waals surface area (Å²) in [6.45, 7) is 0. The molecule has 20 heavy (non-hydrogen) atoms. The van der Waals surface area contributed by atoms with Gasteiger partial charge in [0, 0.05) is 6.08 Å². The summed E-state index contributed by atoms with van der Waals surface area (Å²) in [5.74, 6) is 1.23. The number of fused-ring (bicyclic) bond motifs is 1. The van der Waals surface area contributed by atoms with E-state index in [2.05, 4.69) is 10.1 Å². The fraction of sp³-hybridized carbons (Fsp3) is 0. The Morgan fingerprint density at radius 1 is 1.30 bits per heavy atom. The normalized spacial score (nSPS) is 12.5. The van der Waals surface area contributed by atoms with Crippen LogP contribution in [-0.4, -0.2) is 14.6 Å². The zero-order valence-electron chi connectivity index (χ0n) is 10.0. The highest BCUT2D eigenvalue weighted by Gasteiger charge is 2.12. The summed E-state index contributed by atoms with van der Waals surface area (Å²) >= 11 is 2.86. The van der Waals surface area contributed by atoms with Gasteiger partial charge < -0.3 is 4.42 Å². The third kappa shape index (κ3) is 1.79. The van der Waals surface area contributed by atoms with Crippen molar-refractivity contribution in [2.45, 2.75) is 0 Å². The minimum atomic E-state index is -0.170. The second kappa shape index (κ2) is 4.39. The van der Waals surface area contributed by atoms with Crippen LogP contribution in [0.3, 0.4) is 0 Å². The van der Waals surface area contributed by atoms with Crippen LogP contribution in [0.5, 0.6) is 0 Å². The number of nitrogens with zero attached hydrogens (tertiary/aromatic N) is 3. The Morgan fingerprint density at radius 2 is 2.25 bits per heavy atom. The van der Waals surface area contributed by atoms with E-state index in [1.54, 1.807) is 35.8 Å². The van der Waals surface area contributed by atoms with E-state index in [-0.39, 0.29) is 5.56 Å². The molecule has 0 aliphatic carbocycles. The van der Waals surface area contributed by atoms with Gasteiger partial charge in [-0.3, -0.25) is 4.79 Å². The molecular formula is C13H7N3O2S2. The third-order valence-electron chi connectivity index (χ3n) is 2.74. The Kier molecular flexibility index (Phi) is 2.54. The Labute approximate surface area is 120 Å². The van der Waals surface area contributed by atoms with Crippen LogP contribution < -0.4 is 10.1 Å². The molecule has 0 aliphatic rings. The lowest BCUT2D eigenvalue weighted by Crippen LogP contribution is -2.23. The van der Waals surface area contributed by atoms with Crippen molar-refractivity contribution in [2.75, 3.05) is 0 Å². The van der Waals surface area contributed by atoms with Crippen LogP contribution in [0, 0.1) is 0 Å². The lowest BCUT2D eigenvalue weighted by molar-refractivity contribution is 0.556. The molecule has 0 N–H and O–H groups in total. The van der Waals surface area contributed by atoms with Crippen LogP contribution in [0.1, 0.15) is 5.76 Å². The van der Waals surface area contributed by atoms with Crippen molar-refractivity contribution in [3.8, 4) is 10.7 Å². The highest BCUT2D eigenvalue weighted by atomic mass is 32.1. The number of rotatable bonds is 2. The summed E-state index contributed by atoms with van der Waals surface area (Å²) < 4.78 is 7.12. The maximum Gasteiger partial charge on any atom is 0.291 e. The van der Waals surface area contributed by atoms with Gasteiger partial charge in [-0.1, -0.05) is 17.4 Å². The van der Waals surface area contributed by atoms with Crippen LogP contribution in [0.25, 0.3) is 21.7 Å². The summed E-state index contributed by atoms with van der Waals surface area (Å²) in [6, 6.07) is 7.45. The first-order valence-corrected chi connectivity index (χ1v) is 7.49. The fourth-order valence-electron chi connectivity index (χ4n) is 1.85. The molecule has 0 saturated carbocycles. The van der Waals surface area contributed by atoms with Crippen LogP contribution in [0.15, 0.2) is 45.1 Å². The van der Waals surface area contributed by atoms with E-state index in [9.17, 15) is 4.79 Å². The number of hydrogen-bond donors (Lipinski definition) is 0. The van der Waals surface area contributed by atoms with Gasteiger partial charge in [0.05, 0.1) is 11.1 Å². The van der Waals surface area contributed by atoms with Gasteiger partial charge in [-0.15, -0.1) is 16.4 Å². The lowest BCUT2D eigenvalue weighted by Gasteiger charge is -1.84. The van der Waals surface area contributed by atoms with E-state index in [0.717, 1.165) is 4.88 Å². The first kappa shape index (κ1) is 11.6. The van der Waals surface area contributed by atoms with Gasteiger partial charge in [0.25, 0.3) is 5.56 Å². The zero-order chi connectivity index (χ0) is 13.5. The van der Waals surface area contributed by atoms with E-state index in [4.69, 9.17) is 4.42 Å². The molecule has 0 amide bonds. The minimum absolute atomic E-state index is 0.170. The average Bonchev–Trinajstić information content (AvgIpc) is 3.19. The summed E-state index contributed by atoms with van der Waals surface area (Å²) in [5.41, 5.74) is -0.170. The molecule has 0 unspecified atom stereocenters. The molecule has 0 fully saturated rings. The second-order valence-corrected chi connectivity index (χ2v) is 6.00. The number of hydrogen-bond acceptors (Lipinski definition) is 6. The maximum absolute atomic E-state index is 12.2. The fourth-order valence-corrected chi connectivity index (χ4v) is 3.39. The molecule has 0 aliphatic heterocycles. The van der Waals surface area contributed by atoms with Crippen molar-refractivity contribution < 1.29 is 4.42 Å². The average molecular weight is 301 g/mol. The monoisotopic (exact) mass is 301 g/mol. The molecule has 7 heteroatoms. The van der Waals surface area contributed by atoms with Gasteiger partial charge >= 0.3 is 0 Å². The van der Waals surface area contributed by atoms with Crippen molar-refractivity contribution in [3.63, 3.8) is 0 Å². The van der Waals surface area contributed by atoms with Gasteiger partial charge in [0.2, 0.25) is 4.96 Å². The van der Waals surface area contributed by atoms with Crippen molar-refractivity contribution in [3.05, 3.63) is 56.6 Å². The maximum atomic E-state index is 12.2. The summed E-state index contributed by atoms with van der Waals surface area (Å²) in [6.07, 6.45) is 3.27. The van der Waals surface area contributed by atoms with E-state index >= 15 is 0 Å². The van der Waals surface area contributed by atoms with Crippen molar-refractivity contribution in [1.82, 2.24) is 14.6 Å². The van der Waals surface area contributed by atoms with E-state index in [1.165, 1.54) is 15.9 Å². The van der Waals surface area contributed by atoms with Crippen molar-refractivity contribution in [1.29, 1.82) is 0 Å². The first-order valence-electron chi connectivity index (χ1n) is 5.80. The molecule has 0 radical (unpaired) electrons. The molecule has 4 rings (SSSR count). The third-order valence-corrected chi connectivity index (χ3v) is 4.56. The largest absolute Gasteiger partial charge is 0.465 e. The highest BCUT2D eigenvalue weighted by Crippen LogP contribution is 2.21. The highest BCUT2D eigenvalue weighted by molar-refractivity contribution is 7.15. The topological polar surface area (TPSA) is 60.4 Å². The number of thiophene rings is 1. The molecule has 0 bridgehead atoms. The molecule has 98 valence electrons. The summed E-state index contributed by atoms with van der Waals surface area (Å²) in [4.78, 5) is 18.2. The predicted octanol–water partition coefficient (Wildman–Crippen LogP) is 2.02. The van der Waals surface area contributed by atoms with Crippen LogP contribution in [0.4, 0.5) is 0 Å². The number of thiazole rings is 1. The van der Waals surface area contributed by atoms with Gasteiger partial charge in [0.15, 0.2) is 5.82 Å². The Morgan fingerprint density at radius 3 is 2.95 bits per heavy atom. The molecule has 4 heterocycles. The molecule has 0 spiro atoms. The molecule has 4 aromatic heterocycles. The van der Waals surface area contributed by atoms with Crippen LogP contribution in [0.2, 0.25) is 0 Å². The van der Waals surface area contributed by atoms with Crippen LogP contribution >= 0.6 is 22.7 Å². The molecular weight excluding hydrogens is 294 g/mol. The molecule has 0 aromatic carbocycles. The van der Waals surface area contributed by atoms with Gasteiger partial charge in [0.1, 0.15) is 10.3 Å². The smallest absolute Gasteiger partial charge is 0.291 e. The molecule has 5 nitrogen and oxygen atoms in total. The van der Waals surface area contributed by atoms with Gasteiger partial charge in [-0.2, -0.15) is 9.50 Å². The van der Waals surface area contributed by atoms with Crippen molar-refractivity contribution >= 4 is 33.7 Å². The Hall–Kier alpha value is -2.25. The van der Waals surface area contributed by atoms with E-state index in [1.807, 2.05) is 17.5 Å². The van der Waals surface area contributed by atoms with E-state index in [0.29, 0.717) is 21.1 Å². The quantitative estimate of drug-likeness (QED) is 0.568.